The number of sulfonamides is 1. The molecule has 0 unspecified atom stereocenters. The van der Waals surface area contributed by atoms with E-state index in [9.17, 15) is 26.7 Å². The lowest BCUT2D eigenvalue weighted by Crippen LogP contribution is -2.42. The molecule has 0 aromatic heterocycles. The van der Waals surface area contributed by atoms with Gasteiger partial charge < -0.3 is 15.2 Å². The van der Waals surface area contributed by atoms with E-state index in [2.05, 4.69) is 5.32 Å². The van der Waals surface area contributed by atoms with E-state index >= 15 is 0 Å². The second-order valence-electron chi connectivity index (χ2n) is 5.44. The Hall–Kier alpha value is -1.36. The molecular weight excluding hydrogens is 337 g/mol. The predicted octanol–water partition coefficient (Wildman–Crippen LogP) is 1.31. The average molecular weight is 354 g/mol. The molecule has 0 spiro atoms. The Bertz CT molecular complexity index is 670. The van der Waals surface area contributed by atoms with Gasteiger partial charge in [-0.25, -0.2) is 13.6 Å². The highest BCUT2D eigenvalue weighted by atomic mass is 32.2. The molecule has 1 aliphatic heterocycles. The fraction of sp³-hybridized carbons (Fsp3) is 0.538. The summed E-state index contributed by atoms with van der Waals surface area (Å²) in [5.41, 5.74) is -2.37. The van der Waals surface area contributed by atoms with Gasteiger partial charge in [0.2, 0.25) is 10.0 Å². The molecule has 0 radical (unpaired) electrons. The van der Waals surface area contributed by atoms with Crippen molar-refractivity contribution in [3.8, 4) is 0 Å². The minimum absolute atomic E-state index is 0.0301. The van der Waals surface area contributed by atoms with Crippen LogP contribution in [0.15, 0.2) is 23.1 Å². The van der Waals surface area contributed by atoms with Gasteiger partial charge in [-0.15, -0.1) is 0 Å². The smallest absolute Gasteiger partial charge is 0.388 e. The van der Waals surface area contributed by atoms with Crippen LogP contribution in [0.2, 0.25) is 0 Å². The van der Waals surface area contributed by atoms with Crippen molar-refractivity contribution < 1.29 is 31.4 Å². The first-order valence-electron chi connectivity index (χ1n) is 6.79. The normalized spacial score (nSPS) is 18.7. The van der Waals surface area contributed by atoms with Crippen molar-refractivity contribution in [1.82, 2.24) is 0 Å². The van der Waals surface area contributed by atoms with Crippen LogP contribution in [-0.4, -0.2) is 38.9 Å². The molecule has 0 aliphatic carbocycles. The molecule has 4 N–H and O–H groups in total. The number of aliphatic hydroxyl groups is 1. The number of rotatable bonds is 4. The van der Waals surface area contributed by atoms with Gasteiger partial charge >= 0.3 is 6.18 Å². The molecule has 10 heteroatoms. The highest BCUT2D eigenvalue weighted by molar-refractivity contribution is 7.89. The Morgan fingerprint density at radius 3 is 2.43 bits per heavy atom. The van der Waals surface area contributed by atoms with E-state index in [-0.39, 0.29) is 12.2 Å². The second kappa shape index (κ2) is 6.27. The third-order valence-electron chi connectivity index (χ3n) is 3.64. The zero-order chi connectivity index (χ0) is 17.3. The summed E-state index contributed by atoms with van der Waals surface area (Å²) in [5.74, 6) is 0. The fourth-order valence-electron chi connectivity index (χ4n) is 2.30. The molecule has 0 atom stereocenters. The molecule has 0 amide bonds. The quantitative estimate of drug-likeness (QED) is 0.757. The van der Waals surface area contributed by atoms with E-state index in [0.29, 0.717) is 32.1 Å². The minimum Gasteiger partial charge on any atom is -0.388 e. The molecule has 2 rings (SSSR count). The molecule has 6 nitrogen and oxygen atoms in total. The topological polar surface area (TPSA) is 102 Å². The summed E-state index contributed by atoms with van der Waals surface area (Å²) < 4.78 is 66.7. The molecule has 0 bridgehead atoms. The summed E-state index contributed by atoms with van der Waals surface area (Å²) in [4.78, 5) is -0.986. The van der Waals surface area contributed by atoms with Crippen molar-refractivity contribution >= 4 is 15.7 Å². The highest BCUT2D eigenvalue weighted by Gasteiger charge is 2.37. The number of alkyl halides is 3. The fourth-order valence-corrected chi connectivity index (χ4v) is 3.04. The highest BCUT2D eigenvalue weighted by Crippen LogP contribution is 2.35. The van der Waals surface area contributed by atoms with Crippen LogP contribution in [0.5, 0.6) is 0 Å². The molecule has 1 saturated heterocycles. The van der Waals surface area contributed by atoms with Gasteiger partial charge in [0.05, 0.1) is 16.1 Å². The number of hydrogen-bond acceptors (Lipinski definition) is 5. The van der Waals surface area contributed by atoms with Crippen LogP contribution in [0.3, 0.4) is 0 Å². The Morgan fingerprint density at radius 1 is 1.30 bits per heavy atom. The first kappa shape index (κ1) is 18.0. The lowest BCUT2D eigenvalue weighted by Gasteiger charge is -2.32. The van der Waals surface area contributed by atoms with Crippen molar-refractivity contribution in [2.45, 2.75) is 29.5 Å². The number of nitrogens with one attached hydrogen (secondary N) is 1. The number of ether oxygens (including phenoxy) is 1. The van der Waals surface area contributed by atoms with Gasteiger partial charge in [0.25, 0.3) is 0 Å². The van der Waals surface area contributed by atoms with Crippen LogP contribution in [0, 0.1) is 0 Å². The van der Waals surface area contributed by atoms with Crippen molar-refractivity contribution in [3.05, 3.63) is 23.8 Å². The number of benzene rings is 1. The summed E-state index contributed by atoms with van der Waals surface area (Å²) in [6, 6.07) is 2.65. The van der Waals surface area contributed by atoms with E-state index in [1.54, 1.807) is 0 Å². The monoisotopic (exact) mass is 354 g/mol. The first-order valence-corrected chi connectivity index (χ1v) is 8.34. The zero-order valence-electron chi connectivity index (χ0n) is 12.1. The van der Waals surface area contributed by atoms with Crippen molar-refractivity contribution in [2.24, 2.45) is 5.14 Å². The first-order chi connectivity index (χ1) is 10.5. The summed E-state index contributed by atoms with van der Waals surface area (Å²) in [7, 11) is -4.49. The number of primary sulfonamides is 1. The largest absolute Gasteiger partial charge is 0.417 e. The molecule has 1 aliphatic rings. The van der Waals surface area contributed by atoms with Crippen LogP contribution >= 0.6 is 0 Å². The lowest BCUT2D eigenvalue weighted by atomic mass is 9.94. The lowest BCUT2D eigenvalue weighted by molar-refractivity contribution is -0.139. The van der Waals surface area contributed by atoms with Gasteiger partial charge in [-0.05, 0) is 18.2 Å². The maximum absolute atomic E-state index is 13.0. The zero-order valence-corrected chi connectivity index (χ0v) is 12.9. The van der Waals surface area contributed by atoms with Crippen LogP contribution < -0.4 is 10.5 Å². The summed E-state index contributed by atoms with van der Waals surface area (Å²) in [5, 5.41) is 17.8. The minimum atomic E-state index is -4.87. The average Bonchev–Trinajstić information content (AvgIpc) is 2.44. The van der Waals surface area contributed by atoms with E-state index < -0.39 is 32.3 Å². The van der Waals surface area contributed by atoms with Gasteiger partial charge in [0, 0.05) is 38.3 Å². The van der Waals surface area contributed by atoms with Gasteiger partial charge in [0.1, 0.15) is 0 Å². The standard InChI is InChI=1S/C13H17F3N2O4S/c14-13(15,16)10-7-9(1-2-11(10)23(17,20)21)18-8-12(19)3-5-22-6-4-12/h1-2,7,18-19H,3-6,8H2,(H2,17,20,21). The van der Waals surface area contributed by atoms with Gasteiger partial charge in [0.15, 0.2) is 0 Å². The maximum atomic E-state index is 13.0. The Morgan fingerprint density at radius 2 is 1.91 bits per heavy atom. The number of nitrogens with two attached hydrogens (primary N) is 1. The van der Waals surface area contributed by atoms with Gasteiger partial charge in [-0.1, -0.05) is 0 Å². The Balaban J connectivity index is 2.24. The third-order valence-corrected chi connectivity index (χ3v) is 4.61. The molecule has 23 heavy (non-hydrogen) atoms. The van der Waals surface area contributed by atoms with E-state index in [1.807, 2.05) is 0 Å². The van der Waals surface area contributed by atoms with Crippen molar-refractivity contribution in [2.75, 3.05) is 25.1 Å². The Kier molecular flexibility index (Phi) is 4.90. The molecular formula is C13H17F3N2O4S. The van der Waals surface area contributed by atoms with Gasteiger partial charge in [-0.2, -0.15) is 13.2 Å². The summed E-state index contributed by atoms with van der Waals surface area (Å²) >= 11 is 0. The SMILES string of the molecule is NS(=O)(=O)c1ccc(NCC2(O)CCOCC2)cc1C(F)(F)F. The molecule has 1 fully saturated rings. The van der Waals surface area contributed by atoms with Crippen LogP contribution in [0.4, 0.5) is 18.9 Å². The maximum Gasteiger partial charge on any atom is 0.417 e. The molecule has 1 heterocycles. The number of hydrogen-bond donors (Lipinski definition) is 3. The molecule has 1 aromatic carbocycles. The predicted molar refractivity (Wildman–Crippen MR) is 76.3 cm³/mol. The van der Waals surface area contributed by atoms with E-state index in [0.717, 1.165) is 6.07 Å². The van der Waals surface area contributed by atoms with Crippen molar-refractivity contribution in [3.63, 3.8) is 0 Å². The van der Waals surface area contributed by atoms with Crippen molar-refractivity contribution in [1.29, 1.82) is 0 Å². The van der Waals surface area contributed by atoms with Crippen LogP contribution in [0.25, 0.3) is 0 Å². The Labute approximate surface area is 131 Å². The van der Waals surface area contributed by atoms with Gasteiger partial charge in [-0.3, -0.25) is 0 Å². The van der Waals surface area contributed by atoms with Crippen LogP contribution in [-0.2, 0) is 20.9 Å². The summed E-state index contributed by atoms with van der Waals surface area (Å²) in [6.45, 7) is 0.773. The molecule has 0 saturated carbocycles. The van der Waals surface area contributed by atoms with E-state index in [1.165, 1.54) is 6.07 Å². The molecule has 130 valence electrons. The number of anilines is 1. The number of halogens is 3. The van der Waals surface area contributed by atoms with Crippen LogP contribution in [0.1, 0.15) is 18.4 Å². The second-order valence-corrected chi connectivity index (χ2v) is 6.97. The third kappa shape index (κ3) is 4.56. The van der Waals surface area contributed by atoms with E-state index in [4.69, 9.17) is 9.88 Å². The summed E-state index contributed by atoms with van der Waals surface area (Å²) in [6.07, 6.45) is -4.14. The molecule has 1 aromatic rings.